The molecule has 0 aliphatic heterocycles. The maximum absolute atomic E-state index is 12.7. The molecule has 3 aromatic rings. The molecular formula is C14H11BF3N3O3. The van der Waals surface area contributed by atoms with E-state index in [0.717, 1.165) is 6.07 Å². The number of hydrogen-bond donors (Lipinski definition) is 2. The minimum atomic E-state index is -4.90. The molecule has 0 radical (unpaired) electrons. The summed E-state index contributed by atoms with van der Waals surface area (Å²) in [5.74, 6) is -0.474. The maximum atomic E-state index is 12.7. The van der Waals surface area contributed by atoms with Crippen molar-refractivity contribution in [1.29, 1.82) is 0 Å². The van der Waals surface area contributed by atoms with E-state index in [4.69, 9.17) is 0 Å². The number of aryl methyl sites for hydroxylation is 1. The van der Waals surface area contributed by atoms with Crippen LogP contribution in [0.25, 0.3) is 22.0 Å². The minimum Gasteiger partial charge on any atom is -0.423 e. The summed E-state index contributed by atoms with van der Waals surface area (Å²) in [5.41, 5.74) is 0.888. The number of hydrogen-bond acceptors (Lipinski definition) is 5. The van der Waals surface area contributed by atoms with Crippen molar-refractivity contribution in [2.45, 2.75) is 6.36 Å². The normalized spacial score (nSPS) is 11.8. The minimum absolute atomic E-state index is 0.0322. The van der Waals surface area contributed by atoms with Crippen LogP contribution in [0.3, 0.4) is 0 Å². The van der Waals surface area contributed by atoms with Crippen molar-refractivity contribution in [3.05, 3.63) is 36.8 Å². The molecule has 0 amide bonds. The molecule has 0 saturated heterocycles. The lowest BCUT2D eigenvalue weighted by atomic mass is 9.78. The van der Waals surface area contributed by atoms with E-state index >= 15 is 0 Å². The van der Waals surface area contributed by atoms with E-state index in [2.05, 4.69) is 14.8 Å². The molecule has 0 bridgehead atoms. The van der Waals surface area contributed by atoms with Crippen molar-refractivity contribution in [3.63, 3.8) is 0 Å². The van der Waals surface area contributed by atoms with Crippen molar-refractivity contribution < 1.29 is 28.0 Å². The summed E-state index contributed by atoms with van der Waals surface area (Å²) in [6.07, 6.45) is -0.621. The van der Waals surface area contributed by atoms with E-state index in [1.54, 1.807) is 7.05 Å². The first-order chi connectivity index (χ1) is 11.2. The number of pyridine rings is 1. The second-order valence-electron chi connectivity index (χ2n) is 5.09. The summed E-state index contributed by atoms with van der Waals surface area (Å²) in [4.78, 5) is 4.07. The van der Waals surface area contributed by atoms with E-state index in [0.29, 0.717) is 11.1 Å². The van der Waals surface area contributed by atoms with E-state index in [1.165, 1.54) is 35.4 Å². The molecular weight excluding hydrogens is 326 g/mol. The predicted molar refractivity (Wildman–Crippen MR) is 80.5 cm³/mol. The SMILES string of the molecule is Cn1cc(-c2cc3nccc(B(O)O)c3cc2OC(F)(F)F)cn1. The first kappa shape index (κ1) is 16.3. The second-order valence-corrected chi connectivity index (χ2v) is 5.09. The molecule has 0 saturated carbocycles. The smallest absolute Gasteiger partial charge is 0.423 e. The zero-order valence-electron chi connectivity index (χ0n) is 12.3. The Balaban J connectivity index is 2.27. The molecule has 124 valence electrons. The van der Waals surface area contributed by atoms with Gasteiger partial charge in [-0.2, -0.15) is 5.10 Å². The van der Waals surface area contributed by atoms with E-state index in [-0.39, 0.29) is 16.4 Å². The standard InChI is InChI=1S/C14H11BF3N3O3/c1-21-7-8(6-20-21)9-4-12-10(5-13(9)24-14(16,17)18)11(15(22)23)2-3-19-12/h2-7,22-23H,1H3. The first-order valence-corrected chi connectivity index (χ1v) is 6.78. The predicted octanol–water partition coefficient (Wildman–Crippen LogP) is 1.21. The monoisotopic (exact) mass is 337 g/mol. The molecule has 24 heavy (non-hydrogen) atoms. The van der Waals surface area contributed by atoms with Crippen molar-refractivity contribution in [2.75, 3.05) is 0 Å². The number of aromatic nitrogens is 3. The van der Waals surface area contributed by atoms with Gasteiger partial charge >= 0.3 is 13.5 Å². The third-order valence-corrected chi connectivity index (χ3v) is 3.40. The molecule has 6 nitrogen and oxygen atoms in total. The van der Waals surface area contributed by atoms with Crippen molar-refractivity contribution >= 4 is 23.5 Å². The Bertz CT molecular complexity index is 896. The Morgan fingerprint density at radius 1 is 1.25 bits per heavy atom. The van der Waals surface area contributed by atoms with Gasteiger partial charge in [0.2, 0.25) is 0 Å². The highest BCUT2D eigenvalue weighted by atomic mass is 19.4. The van der Waals surface area contributed by atoms with Crippen molar-refractivity contribution in [3.8, 4) is 16.9 Å². The fourth-order valence-electron chi connectivity index (χ4n) is 2.41. The number of ether oxygens (including phenoxy) is 1. The van der Waals surface area contributed by atoms with Crippen molar-refractivity contribution in [2.24, 2.45) is 7.05 Å². The third kappa shape index (κ3) is 3.19. The van der Waals surface area contributed by atoms with Gasteiger partial charge in [0, 0.05) is 36.0 Å². The van der Waals surface area contributed by atoms with Crippen LogP contribution in [0.15, 0.2) is 36.8 Å². The molecule has 0 aliphatic carbocycles. The first-order valence-electron chi connectivity index (χ1n) is 6.78. The van der Waals surface area contributed by atoms with Crippen LogP contribution >= 0.6 is 0 Å². The van der Waals surface area contributed by atoms with E-state index in [1.807, 2.05) is 0 Å². The highest BCUT2D eigenvalue weighted by Gasteiger charge is 2.33. The van der Waals surface area contributed by atoms with Gasteiger partial charge in [0.15, 0.2) is 0 Å². The summed E-state index contributed by atoms with van der Waals surface area (Å²) < 4.78 is 43.8. The summed E-state index contributed by atoms with van der Waals surface area (Å²) in [6.45, 7) is 0. The lowest BCUT2D eigenvalue weighted by Crippen LogP contribution is -2.30. The van der Waals surface area contributed by atoms with Gasteiger partial charge in [-0.3, -0.25) is 9.67 Å². The number of alkyl halides is 3. The zero-order chi connectivity index (χ0) is 17.5. The van der Waals surface area contributed by atoms with Gasteiger partial charge in [0.1, 0.15) is 5.75 Å². The third-order valence-electron chi connectivity index (χ3n) is 3.40. The Morgan fingerprint density at radius 3 is 2.58 bits per heavy atom. The highest BCUT2D eigenvalue weighted by molar-refractivity contribution is 6.61. The fourth-order valence-corrected chi connectivity index (χ4v) is 2.41. The highest BCUT2D eigenvalue weighted by Crippen LogP contribution is 2.36. The van der Waals surface area contributed by atoms with E-state index < -0.39 is 19.2 Å². The number of fused-ring (bicyclic) bond motifs is 1. The Hall–Kier alpha value is -2.59. The summed E-state index contributed by atoms with van der Waals surface area (Å²) in [6, 6.07) is 3.79. The molecule has 0 aliphatic rings. The van der Waals surface area contributed by atoms with Crippen LogP contribution in [0.5, 0.6) is 5.75 Å². The van der Waals surface area contributed by atoms with Gasteiger partial charge in [-0.25, -0.2) is 0 Å². The molecule has 10 heteroatoms. The molecule has 2 N–H and O–H groups in total. The van der Waals surface area contributed by atoms with Crippen LogP contribution in [-0.2, 0) is 7.05 Å². The van der Waals surface area contributed by atoms with Gasteiger partial charge in [-0.1, -0.05) is 0 Å². The molecule has 0 fully saturated rings. The second kappa shape index (κ2) is 5.80. The van der Waals surface area contributed by atoms with Crippen LogP contribution in [0.1, 0.15) is 0 Å². The Labute approximate surface area is 134 Å². The van der Waals surface area contributed by atoms with Gasteiger partial charge < -0.3 is 14.8 Å². The number of halogens is 3. The number of benzene rings is 1. The van der Waals surface area contributed by atoms with Crippen LogP contribution in [-0.4, -0.2) is 38.3 Å². The van der Waals surface area contributed by atoms with Gasteiger partial charge in [-0.15, -0.1) is 13.2 Å². The van der Waals surface area contributed by atoms with Crippen molar-refractivity contribution in [1.82, 2.24) is 14.8 Å². The van der Waals surface area contributed by atoms with Crippen LogP contribution in [0, 0.1) is 0 Å². The van der Waals surface area contributed by atoms with Crippen LogP contribution in [0.4, 0.5) is 13.2 Å². The lowest BCUT2D eigenvalue weighted by Gasteiger charge is -2.15. The largest absolute Gasteiger partial charge is 0.573 e. The maximum Gasteiger partial charge on any atom is 0.573 e. The molecule has 0 atom stereocenters. The summed E-state index contributed by atoms with van der Waals surface area (Å²) in [7, 11) is -0.216. The molecule has 2 heterocycles. The molecule has 0 unspecified atom stereocenters. The quantitative estimate of drug-likeness (QED) is 0.703. The van der Waals surface area contributed by atoms with Crippen LogP contribution in [0.2, 0.25) is 0 Å². The number of nitrogens with zero attached hydrogens (tertiary/aromatic N) is 3. The lowest BCUT2D eigenvalue weighted by molar-refractivity contribution is -0.274. The fraction of sp³-hybridized carbons (Fsp3) is 0.143. The van der Waals surface area contributed by atoms with E-state index in [9.17, 15) is 23.2 Å². The Morgan fingerprint density at radius 2 is 2.00 bits per heavy atom. The topological polar surface area (TPSA) is 80.4 Å². The average molecular weight is 337 g/mol. The van der Waals surface area contributed by atoms with Gasteiger partial charge in [0.05, 0.1) is 11.7 Å². The average Bonchev–Trinajstić information content (AvgIpc) is 2.90. The van der Waals surface area contributed by atoms with Gasteiger partial charge in [-0.05, 0) is 23.7 Å². The summed E-state index contributed by atoms with van der Waals surface area (Å²) >= 11 is 0. The molecule has 3 rings (SSSR count). The molecule has 0 spiro atoms. The molecule has 1 aromatic carbocycles. The summed E-state index contributed by atoms with van der Waals surface area (Å²) in [5, 5.41) is 22.9. The van der Waals surface area contributed by atoms with Gasteiger partial charge in [0.25, 0.3) is 0 Å². The zero-order valence-corrected chi connectivity index (χ0v) is 12.3. The Kier molecular flexibility index (Phi) is 3.94. The van der Waals surface area contributed by atoms with Crippen LogP contribution < -0.4 is 10.2 Å². The molecule has 2 aromatic heterocycles. The number of rotatable bonds is 3.